The molecule has 1 aromatic heterocycles. The molecule has 0 spiro atoms. The molecule has 2 fully saturated rings. The number of nitrogens with zero attached hydrogens (tertiary/aromatic N) is 3. The summed E-state index contributed by atoms with van der Waals surface area (Å²) in [5.41, 5.74) is 0. The second-order valence-electron chi connectivity index (χ2n) is 5.92. The fourth-order valence-corrected chi connectivity index (χ4v) is 2.91. The van der Waals surface area contributed by atoms with Gasteiger partial charge in [-0.3, -0.25) is 0 Å². The lowest BCUT2D eigenvalue weighted by molar-refractivity contribution is -0.0596. The van der Waals surface area contributed by atoms with Crippen LogP contribution in [0.2, 0.25) is 0 Å². The van der Waals surface area contributed by atoms with E-state index in [9.17, 15) is 0 Å². The van der Waals surface area contributed by atoms with Crippen LogP contribution in [0.1, 0.15) is 44.9 Å². The van der Waals surface area contributed by atoms with Gasteiger partial charge in [0.15, 0.2) is 0 Å². The first-order valence-corrected chi connectivity index (χ1v) is 8.13. The molecule has 0 aromatic carbocycles. The van der Waals surface area contributed by atoms with Crippen LogP contribution >= 0.6 is 0 Å². The Morgan fingerprint density at radius 3 is 2.48 bits per heavy atom. The van der Waals surface area contributed by atoms with E-state index in [1.54, 1.807) is 0 Å². The van der Waals surface area contributed by atoms with Gasteiger partial charge in [0, 0.05) is 19.2 Å². The lowest BCUT2D eigenvalue weighted by atomic mass is 9.95. The van der Waals surface area contributed by atoms with E-state index in [-0.39, 0.29) is 0 Å². The zero-order valence-corrected chi connectivity index (χ0v) is 13.0. The fourth-order valence-electron chi connectivity index (χ4n) is 2.91. The molecule has 0 radical (unpaired) electrons. The van der Waals surface area contributed by atoms with Crippen LogP contribution in [0, 0.1) is 6.92 Å². The van der Waals surface area contributed by atoms with E-state index in [0.29, 0.717) is 24.7 Å². The summed E-state index contributed by atoms with van der Waals surface area (Å²) >= 11 is 0. The van der Waals surface area contributed by atoms with Gasteiger partial charge in [-0.2, -0.15) is 4.98 Å². The van der Waals surface area contributed by atoms with Crippen LogP contribution in [-0.2, 0) is 4.74 Å². The van der Waals surface area contributed by atoms with Crippen molar-refractivity contribution >= 4 is 5.82 Å². The molecule has 116 valence electrons. The number of piperidine rings is 1. The third kappa shape index (κ3) is 3.64. The van der Waals surface area contributed by atoms with Crippen LogP contribution in [0.3, 0.4) is 0 Å². The quantitative estimate of drug-likeness (QED) is 0.835. The molecule has 2 aliphatic rings. The zero-order chi connectivity index (χ0) is 14.7. The summed E-state index contributed by atoms with van der Waals surface area (Å²) in [7, 11) is 0. The molecule has 5 nitrogen and oxygen atoms in total. The molecule has 1 aromatic rings. The summed E-state index contributed by atoms with van der Waals surface area (Å²) in [6.07, 6.45) is 6.98. The van der Waals surface area contributed by atoms with Gasteiger partial charge < -0.3 is 14.4 Å². The number of ether oxygens (including phenoxy) is 2. The predicted octanol–water partition coefficient (Wildman–Crippen LogP) is 2.72. The number of hydrogen-bond acceptors (Lipinski definition) is 5. The minimum absolute atomic E-state index is 0.431. The van der Waals surface area contributed by atoms with Gasteiger partial charge in [-0.25, -0.2) is 4.98 Å². The van der Waals surface area contributed by atoms with Crippen LogP contribution in [0.4, 0.5) is 5.82 Å². The summed E-state index contributed by atoms with van der Waals surface area (Å²) in [6.45, 7) is 6.52. The molecule has 21 heavy (non-hydrogen) atoms. The second kappa shape index (κ2) is 6.60. The van der Waals surface area contributed by atoms with Crippen molar-refractivity contribution in [1.82, 2.24) is 9.97 Å². The topological polar surface area (TPSA) is 47.5 Å². The highest BCUT2D eigenvalue weighted by molar-refractivity contribution is 5.42. The van der Waals surface area contributed by atoms with Crippen molar-refractivity contribution in [3.63, 3.8) is 0 Å². The average Bonchev–Trinajstić information content (AvgIpc) is 2.43. The van der Waals surface area contributed by atoms with Gasteiger partial charge in [-0.05, 0) is 46.0 Å². The SMILES string of the molecule is CCOc1cc(N2CCC(OC3CCC3)CC2)nc(C)n1. The van der Waals surface area contributed by atoms with Crippen LogP contribution in [-0.4, -0.2) is 41.9 Å². The zero-order valence-electron chi connectivity index (χ0n) is 13.0. The van der Waals surface area contributed by atoms with Crippen LogP contribution < -0.4 is 9.64 Å². The summed E-state index contributed by atoms with van der Waals surface area (Å²) in [5.74, 6) is 2.42. The van der Waals surface area contributed by atoms with E-state index in [0.717, 1.165) is 37.6 Å². The first-order chi connectivity index (χ1) is 10.2. The van der Waals surface area contributed by atoms with Crippen molar-refractivity contribution in [3.05, 3.63) is 11.9 Å². The summed E-state index contributed by atoms with van der Waals surface area (Å²) in [4.78, 5) is 11.2. The molecule has 1 saturated heterocycles. The van der Waals surface area contributed by atoms with Gasteiger partial charge in [0.05, 0.1) is 18.8 Å². The molecule has 0 atom stereocenters. The maximum atomic E-state index is 6.11. The molecule has 0 amide bonds. The lowest BCUT2D eigenvalue weighted by Crippen LogP contribution is -2.40. The molecular formula is C16H25N3O2. The maximum absolute atomic E-state index is 6.11. The van der Waals surface area contributed by atoms with Gasteiger partial charge >= 0.3 is 0 Å². The Kier molecular flexibility index (Phi) is 4.58. The lowest BCUT2D eigenvalue weighted by Gasteiger charge is -2.36. The molecule has 0 N–H and O–H groups in total. The van der Waals surface area contributed by atoms with Crippen molar-refractivity contribution in [1.29, 1.82) is 0 Å². The highest BCUT2D eigenvalue weighted by atomic mass is 16.5. The normalized spacial score (nSPS) is 20.4. The Bertz CT molecular complexity index is 469. The van der Waals surface area contributed by atoms with Crippen molar-refractivity contribution in [2.45, 2.75) is 58.2 Å². The largest absolute Gasteiger partial charge is 0.478 e. The number of rotatable bonds is 5. The highest BCUT2D eigenvalue weighted by Crippen LogP contribution is 2.28. The number of aromatic nitrogens is 2. The van der Waals surface area contributed by atoms with Gasteiger partial charge in [-0.1, -0.05) is 0 Å². The molecule has 0 bridgehead atoms. The molecule has 1 aliphatic heterocycles. The van der Waals surface area contributed by atoms with Gasteiger partial charge in [-0.15, -0.1) is 0 Å². The van der Waals surface area contributed by atoms with E-state index in [2.05, 4.69) is 14.9 Å². The Morgan fingerprint density at radius 2 is 1.86 bits per heavy atom. The fraction of sp³-hybridized carbons (Fsp3) is 0.750. The first kappa shape index (κ1) is 14.6. The monoisotopic (exact) mass is 291 g/mol. The molecule has 3 rings (SSSR count). The summed E-state index contributed by atoms with van der Waals surface area (Å²) in [5, 5.41) is 0. The average molecular weight is 291 g/mol. The second-order valence-corrected chi connectivity index (χ2v) is 5.92. The van der Waals surface area contributed by atoms with Crippen molar-refractivity contribution in [3.8, 4) is 5.88 Å². The van der Waals surface area contributed by atoms with E-state index >= 15 is 0 Å². The number of anilines is 1. The first-order valence-electron chi connectivity index (χ1n) is 8.13. The smallest absolute Gasteiger partial charge is 0.218 e. The highest BCUT2D eigenvalue weighted by Gasteiger charge is 2.26. The standard InChI is InChI=1S/C16H25N3O2/c1-3-20-16-11-15(17-12(2)18-16)19-9-7-14(8-10-19)21-13-5-4-6-13/h11,13-14H,3-10H2,1-2H3. The summed E-state index contributed by atoms with van der Waals surface area (Å²) < 4.78 is 11.6. The molecule has 5 heteroatoms. The molecular weight excluding hydrogens is 266 g/mol. The maximum Gasteiger partial charge on any atom is 0.218 e. The van der Waals surface area contributed by atoms with E-state index < -0.39 is 0 Å². The van der Waals surface area contributed by atoms with Crippen molar-refractivity contribution in [2.24, 2.45) is 0 Å². The van der Waals surface area contributed by atoms with Crippen LogP contribution in [0.25, 0.3) is 0 Å². The van der Waals surface area contributed by atoms with Gasteiger partial charge in [0.25, 0.3) is 0 Å². The number of hydrogen-bond donors (Lipinski definition) is 0. The molecule has 1 aliphatic carbocycles. The predicted molar refractivity (Wildman–Crippen MR) is 81.9 cm³/mol. The van der Waals surface area contributed by atoms with Gasteiger partial charge in [0.2, 0.25) is 5.88 Å². The van der Waals surface area contributed by atoms with Gasteiger partial charge in [0.1, 0.15) is 11.6 Å². The molecule has 2 heterocycles. The minimum atomic E-state index is 0.431. The Hall–Kier alpha value is -1.36. The van der Waals surface area contributed by atoms with E-state index in [4.69, 9.17) is 9.47 Å². The van der Waals surface area contributed by atoms with Crippen molar-refractivity contribution < 1.29 is 9.47 Å². The van der Waals surface area contributed by atoms with Crippen LogP contribution in [0.5, 0.6) is 5.88 Å². The van der Waals surface area contributed by atoms with Crippen LogP contribution in [0.15, 0.2) is 6.07 Å². The third-order valence-corrected chi connectivity index (χ3v) is 4.30. The Balaban J connectivity index is 1.58. The van der Waals surface area contributed by atoms with E-state index in [1.807, 2.05) is 19.9 Å². The molecule has 0 unspecified atom stereocenters. The molecule has 1 saturated carbocycles. The third-order valence-electron chi connectivity index (χ3n) is 4.30. The summed E-state index contributed by atoms with van der Waals surface area (Å²) in [6, 6.07) is 1.95. The van der Waals surface area contributed by atoms with Crippen molar-refractivity contribution in [2.75, 3.05) is 24.6 Å². The minimum Gasteiger partial charge on any atom is -0.478 e. The van der Waals surface area contributed by atoms with E-state index in [1.165, 1.54) is 19.3 Å². The number of aryl methyl sites for hydroxylation is 1. The Labute approximate surface area is 126 Å². The Morgan fingerprint density at radius 1 is 1.14 bits per heavy atom.